The Bertz CT molecular complexity index is 634. The number of carbonyl (C=O) groups excluding carboxylic acids is 1. The van der Waals surface area contributed by atoms with Gasteiger partial charge >= 0.3 is 6.03 Å². The number of fused-ring (bicyclic) bond motifs is 4. The average molecular weight is 361 g/mol. The summed E-state index contributed by atoms with van der Waals surface area (Å²) < 4.78 is 5.68. The number of hydrogen-bond acceptors (Lipinski definition) is 4. The number of rotatable bonds is 5. The Kier molecular flexibility index (Phi) is 5.61. The molecule has 3 saturated heterocycles. The molecule has 144 valence electrons. The van der Waals surface area contributed by atoms with Gasteiger partial charge in [-0.3, -0.25) is 0 Å². The molecule has 0 radical (unpaired) electrons. The average Bonchev–Trinajstić information content (AvgIpc) is 2.87. The molecule has 3 aliphatic rings. The topological polar surface area (TPSA) is 65.0 Å². The van der Waals surface area contributed by atoms with Gasteiger partial charge in [0.25, 0.3) is 0 Å². The molecule has 2 atom stereocenters. The van der Waals surface area contributed by atoms with Crippen LogP contribution in [0.2, 0.25) is 0 Å². The van der Waals surface area contributed by atoms with Gasteiger partial charge in [0.2, 0.25) is 0 Å². The molecule has 2 amide bonds. The van der Waals surface area contributed by atoms with Gasteiger partial charge in [0.1, 0.15) is 5.75 Å². The van der Waals surface area contributed by atoms with Crippen LogP contribution >= 0.6 is 0 Å². The van der Waals surface area contributed by atoms with Crippen molar-refractivity contribution < 1.29 is 14.6 Å². The van der Waals surface area contributed by atoms with Crippen LogP contribution in [0, 0.1) is 11.3 Å². The SMILES string of the molecule is CCOc1cccc(N2CC3CN(C(=O)NCCO)CC2C(C)(C)C3)c1. The van der Waals surface area contributed by atoms with Crippen LogP contribution in [0.3, 0.4) is 0 Å². The number of benzene rings is 1. The molecule has 3 heterocycles. The quantitative estimate of drug-likeness (QED) is 0.845. The molecule has 4 rings (SSSR count). The minimum Gasteiger partial charge on any atom is -0.494 e. The Balaban J connectivity index is 1.85. The van der Waals surface area contributed by atoms with Gasteiger partial charge in [-0.25, -0.2) is 4.79 Å². The summed E-state index contributed by atoms with van der Waals surface area (Å²) in [4.78, 5) is 16.9. The highest BCUT2D eigenvalue weighted by atomic mass is 16.5. The molecular formula is C20H31N3O3. The minimum atomic E-state index is -0.0725. The van der Waals surface area contributed by atoms with Crippen LogP contribution in [0.15, 0.2) is 24.3 Å². The lowest BCUT2D eigenvalue weighted by atomic mass is 9.73. The highest BCUT2D eigenvalue weighted by Gasteiger charge is 2.46. The molecule has 2 unspecified atom stereocenters. The van der Waals surface area contributed by atoms with Crippen molar-refractivity contribution in [3.8, 4) is 5.75 Å². The van der Waals surface area contributed by atoms with Crippen molar-refractivity contribution in [2.75, 3.05) is 44.3 Å². The lowest BCUT2D eigenvalue weighted by Gasteiger charge is -2.48. The third-order valence-electron chi connectivity index (χ3n) is 5.56. The zero-order valence-electron chi connectivity index (χ0n) is 16.1. The zero-order chi connectivity index (χ0) is 18.7. The summed E-state index contributed by atoms with van der Waals surface area (Å²) in [5, 5.41) is 11.8. The number of nitrogens with one attached hydrogen (secondary N) is 1. The largest absolute Gasteiger partial charge is 0.494 e. The van der Waals surface area contributed by atoms with E-state index in [-0.39, 0.29) is 24.1 Å². The highest BCUT2D eigenvalue weighted by Crippen LogP contribution is 2.43. The number of aliphatic hydroxyl groups is 1. The number of anilines is 1. The van der Waals surface area contributed by atoms with Gasteiger partial charge in [-0.05, 0) is 36.8 Å². The third-order valence-corrected chi connectivity index (χ3v) is 5.56. The highest BCUT2D eigenvalue weighted by molar-refractivity contribution is 5.74. The molecule has 0 saturated carbocycles. The predicted octanol–water partition coefficient (Wildman–Crippen LogP) is 2.32. The fourth-order valence-corrected chi connectivity index (χ4v) is 4.48. The van der Waals surface area contributed by atoms with Gasteiger partial charge in [-0.15, -0.1) is 0 Å². The molecule has 3 aliphatic heterocycles. The second-order valence-electron chi connectivity index (χ2n) is 8.02. The second kappa shape index (κ2) is 7.74. The molecule has 0 aromatic heterocycles. The Morgan fingerprint density at radius 3 is 2.88 bits per heavy atom. The van der Waals surface area contributed by atoms with E-state index >= 15 is 0 Å². The summed E-state index contributed by atoms with van der Waals surface area (Å²) in [6, 6.07) is 8.45. The fraction of sp³-hybridized carbons (Fsp3) is 0.650. The zero-order valence-corrected chi connectivity index (χ0v) is 16.1. The lowest BCUT2D eigenvalue weighted by Crippen LogP contribution is -2.54. The predicted molar refractivity (Wildman–Crippen MR) is 103 cm³/mol. The number of carbonyl (C=O) groups is 1. The maximum atomic E-state index is 12.5. The van der Waals surface area contributed by atoms with Crippen molar-refractivity contribution in [1.29, 1.82) is 0 Å². The fourth-order valence-electron chi connectivity index (χ4n) is 4.48. The van der Waals surface area contributed by atoms with Crippen LogP contribution < -0.4 is 15.0 Å². The summed E-state index contributed by atoms with van der Waals surface area (Å²) in [5.74, 6) is 1.32. The first-order valence-electron chi connectivity index (χ1n) is 9.57. The van der Waals surface area contributed by atoms with Crippen LogP contribution in [0.4, 0.5) is 10.5 Å². The standard InChI is InChI=1S/C20H31N3O3/c1-4-26-17-7-5-6-16(10-17)23-13-15-11-20(2,3)18(23)14-22(12-15)19(25)21-8-9-24/h5-7,10,15,18,24H,4,8-9,11-14H2,1-3H3,(H,21,25). The summed E-state index contributed by atoms with van der Waals surface area (Å²) in [6.45, 7) is 9.93. The van der Waals surface area contributed by atoms with Gasteiger partial charge in [0.15, 0.2) is 0 Å². The van der Waals surface area contributed by atoms with Crippen molar-refractivity contribution in [3.05, 3.63) is 24.3 Å². The van der Waals surface area contributed by atoms with Gasteiger partial charge < -0.3 is 25.0 Å². The van der Waals surface area contributed by atoms with Crippen LogP contribution in [0.25, 0.3) is 0 Å². The molecule has 2 N–H and O–H groups in total. The van der Waals surface area contributed by atoms with Crippen molar-refractivity contribution in [2.24, 2.45) is 11.3 Å². The van der Waals surface area contributed by atoms with Crippen LogP contribution in [0.5, 0.6) is 5.75 Å². The van der Waals surface area contributed by atoms with E-state index in [0.717, 1.165) is 30.9 Å². The van der Waals surface area contributed by atoms with Gasteiger partial charge in [-0.1, -0.05) is 19.9 Å². The van der Waals surface area contributed by atoms with Crippen molar-refractivity contribution in [3.63, 3.8) is 0 Å². The molecule has 0 aliphatic carbocycles. The molecule has 26 heavy (non-hydrogen) atoms. The minimum absolute atomic E-state index is 0.0335. The number of ether oxygens (including phenoxy) is 1. The van der Waals surface area contributed by atoms with E-state index in [9.17, 15) is 4.79 Å². The van der Waals surface area contributed by atoms with E-state index in [1.54, 1.807) is 0 Å². The number of urea groups is 1. The first-order valence-corrected chi connectivity index (χ1v) is 9.57. The summed E-state index contributed by atoms with van der Waals surface area (Å²) in [7, 11) is 0. The Morgan fingerprint density at radius 1 is 1.35 bits per heavy atom. The van der Waals surface area contributed by atoms with Crippen LogP contribution in [0.1, 0.15) is 27.2 Å². The number of hydrogen-bond donors (Lipinski definition) is 2. The Morgan fingerprint density at radius 2 is 2.15 bits per heavy atom. The smallest absolute Gasteiger partial charge is 0.317 e. The van der Waals surface area contributed by atoms with E-state index in [0.29, 0.717) is 25.6 Å². The number of amides is 2. The second-order valence-corrected chi connectivity index (χ2v) is 8.02. The first kappa shape index (κ1) is 18.8. The van der Waals surface area contributed by atoms with Crippen molar-refractivity contribution in [2.45, 2.75) is 33.2 Å². The molecular weight excluding hydrogens is 330 g/mol. The number of aliphatic hydroxyl groups excluding tert-OH is 1. The van der Waals surface area contributed by atoms with Gasteiger partial charge in [-0.2, -0.15) is 0 Å². The number of nitrogens with zero attached hydrogens (tertiary/aromatic N) is 2. The van der Waals surface area contributed by atoms with Gasteiger partial charge in [0.05, 0.1) is 19.3 Å². The number of piperidine rings is 1. The van der Waals surface area contributed by atoms with Crippen LogP contribution in [-0.2, 0) is 0 Å². The molecule has 3 fully saturated rings. The monoisotopic (exact) mass is 361 g/mol. The first-order chi connectivity index (χ1) is 12.4. The molecule has 2 bridgehead atoms. The van der Waals surface area contributed by atoms with Crippen molar-refractivity contribution in [1.82, 2.24) is 10.2 Å². The Hall–Kier alpha value is -1.95. The maximum Gasteiger partial charge on any atom is 0.317 e. The Labute approximate surface area is 156 Å². The molecule has 6 nitrogen and oxygen atoms in total. The summed E-state index contributed by atoms with van der Waals surface area (Å²) >= 11 is 0. The van der Waals surface area contributed by atoms with Crippen LogP contribution in [-0.4, -0.2) is 61.5 Å². The summed E-state index contributed by atoms with van der Waals surface area (Å²) in [5.41, 5.74) is 1.28. The molecule has 6 heteroatoms. The van der Waals surface area contributed by atoms with E-state index in [1.807, 2.05) is 24.0 Å². The van der Waals surface area contributed by atoms with E-state index in [4.69, 9.17) is 9.84 Å². The van der Waals surface area contributed by atoms with E-state index in [1.165, 1.54) is 0 Å². The normalized spacial score (nSPS) is 24.3. The maximum absolute atomic E-state index is 12.5. The summed E-state index contributed by atoms with van der Waals surface area (Å²) in [6.07, 6.45) is 1.11. The molecule has 1 aromatic carbocycles. The molecule has 0 spiro atoms. The molecule has 1 aromatic rings. The van der Waals surface area contributed by atoms with E-state index < -0.39 is 0 Å². The van der Waals surface area contributed by atoms with Gasteiger partial charge in [0, 0.05) is 37.9 Å². The van der Waals surface area contributed by atoms with Crippen molar-refractivity contribution >= 4 is 11.7 Å². The lowest BCUT2D eigenvalue weighted by molar-refractivity contribution is 0.185. The van der Waals surface area contributed by atoms with E-state index in [2.05, 4.69) is 36.2 Å². The third kappa shape index (κ3) is 3.90.